The van der Waals surface area contributed by atoms with Gasteiger partial charge in [-0.25, -0.2) is 0 Å². The first kappa shape index (κ1) is 18.4. The third-order valence-corrected chi connectivity index (χ3v) is 6.75. The number of hydrogen-bond acceptors (Lipinski definition) is 6. The number of amides is 1. The fraction of sp³-hybridized carbons (Fsp3) is 0.412. The van der Waals surface area contributed by atoms with E-state index in [1.807, 2.05) is 18.2 Å². The summed E-state index contributed by atoms with van der Waals surface area (Å²) in [5, 5.41) is 8.23. The molecule has 1 saturated carbocycles. The normalized spacial score (nSPS) is 20.5. The highest BCUT2D eigenvalue weighted by molar-refractivity contribution is 8.01. The number of aromatic nitrogens is 2. The molecule has 2 aromatic rings. The Morgan fingerprint density at radius 2 is 2.20 bits per heavy atom. The largest absolute Gasteiger partial charge is 0.328 e. The van der Waals surface area contributed by atoms with E-state index in [2.05, 4.69) is 10.2 Å². The zero-order valence-electron chi connectivity index (χ0n) is 13.8. The van der Waals surface area contributed by atoms with Crippen molar-refractivity contribution in [3.05, 3.63) is 40.4 Å². The lowest BCUT2D eigenvalue weighted by molar-refractivity contribution is -0.146. The number of ketones is 1. The van der Waals surface area contributed by atoms with Gasteiger partial charge in [-0.15, -0.1) is 10.2 Å². The van der Waals surface area contributed by atoms with Crippen molar-refractivity contribution in [2.75, 3.05) is 12.8 Å². The molecular formula is C17H18ClN3O2S2. The summed E-state index contributed by atoms with van der Waals surface area (Å²) in [6.45, 7) is 0. The van der Waals surface area contributed by atoms with Crippen molar-refractivity contribution in [2.24, 2.45) is 0 Å². The minimum atomic E-state index is -0.977. The fourth-order valence-electron chi connectivity index (χ4n) is 3.29. The van der Waals surface area contributed by atoms with Crippen LogP contribution < -0.4 is 0 Å². The van der Waals surface area contributed by atoms with E-state index in [-0.39, 0.29) is 17.4 Å². The van der Waals surface area contributed by atoms with Crippen LogP contribution in [-0.2, 0) is 15.1 Å². The van der Waals surface area contributed by atoms with Gasteiger partial charge in [0, 0.05) is 24.1 Å². The summed E-state index contributed by atoms with van der Waals surface area (Å²) >= 11 is 9.14. The van der Waals surface area contributed by atoms with E-state index in [0.717, 1.165) is 22.7 Å². The standard InChI is InChI=1S/C17H18ClN3O2S2/c1-21(15(23)10-24-16-20-19-11-25-16)17(9-5-4-8-14(17)22)12-6-2-3-7-13(12)18/h2-3,6-7,11H,4-5,8-10H2,1H3/t17-/m1/s1. The van der Waals surface area contributed by atoms with Crippen molar-refractivity contribution in [3.63, 3.8) is 0 Å². The smallest absolute Gasteiger partial charge is 0.233 e. The lowest BCUT2D eigenvalue weighted by Gasteiger charge is -2.44. The molecule has 1 aromatic carbocycles. The van der Waals surface area contributed by atoms with E-state index in [1.165, 1.54) is 23.1 Å². The number of thioether (sulfide) groups is 1. The first-order valence-electron chi connectivity index (χ1n) is 7.99. The molecule has 1 aliphatic carbocycles. The van der Waals surface area contributed by atoms with Gasteiger partial charge in [-0.05, 0) is 25.3 Å². The first-order valence-corrected chi connectivity index (χ1v) is 10.2. The lowest BCUT2D eigenvalue weighted by Crippen LogP contribution is -2.54. The molecule has 0 radical (unpaired) electrons. The van der Waals surface area contributed by atoms with Gasteiger partial charge in [0.25, 0.3) is 0 Å². The Bertz CT molecular complexity index is 769. The minimum Gasteiger partial charge on any atom is -0.328 e. The molecule has 0 aliphatic heterocycles. The zero-order chi connectivity index (χ0) is 17.9. The number of nitrogens with zero attached hydrogens (tertiary/aromatic N) is 3. The molecular weight excluding hydrogens is 378 g/mol. The molecule has 1 aliphatic rings. The van der Waals surface area contributed by atoms with Crippen LogP contribution >= 0.6 is 34.7 Å². The Balaban J connectivity index is 1.90. The highest BCUT2D eigenvalue weighted by Crippen LogP contribution is 2.42. The summed E-state index contributed by atoms with van der Waals surface area (Å²) in [5.41, 5.74) is 1.38. The molecule has 1 heterocycles. The summed E-state index contributed by atoms with van der Waals surface area (Å²) in [4.78, 5) is 27.4. The fourth-order valence-corrected chi connectivity index (χ4v) is 4.98. The summed E-state index contributed by atoms with van der Waals surface area (Å²) < 4.78 is 0.739. The molecule has 8 heteroatoms. The molecule has 0 N–H and O–H groups in total. The lowest BCUT2D eigenvalue weighted by atomic mass is 9.74. The summed E-state index contributed by atoms with van der Waals surface area (Å²) in [5.74, 6) is 0.157. The van der Waals surface area contributed by atoms with Crippen molar-refractivity contribution >= 4 is 46.4 Å². The Morgan fingerprint density at radius 3 is 2.88 bits per heavy atom. The van der Waals surface area contributed by atoms with Gasteiger partial charge in [0.15, 0.2) is 10.1 Å². The molecule has 0 spiro atoms. The first-order chi connectivity index (χ1) is 12.1. The Hall–Kier alpha value is -1.44. The molecule has 3 rings (SSSR count). The molecule has 0 unspecified atom stereocenters. The van der Waals surface area contributed by atoms with E-state index in [4.69, 9.17) is 11.6 Å². The topological polar surface area (TPSA) is 63.2 Å². The summed E-state index contributed by atoms with van der Waals surface area (Å²) in [6, 6.07) is 7.32. The number of rotatable bonds is 5. The van der Waals surface area contributed by atoms with Gasteiger partial charge in [0.2, 0.25) is 5.91 Å². The van der Waals surface area contributed by atoms with Gasteiger partial charge in [0.1, 0.15) is 11.0 Å². The maximum absolute atomic E-state index is 13.0. The summed E-state index contributed by atoms with van der Waals surface area (Å²) in [7, 11) is 1.70. The van der Waals surface area contributed by atoms with Crippen molar-refractivity contribution in [3.8, 4) is 0 Å². The van der Waals surface area contributed by atoms with Crippen LogP contribution in [0.4, 0.5) is 0 Å². The number of carbonyl (C=O) groups excluding carboxylic acids is 2. The van der Waals surface area contributed by atoms with Crippen LogP contribution in [0.5, 0.6) is 0 Å². The Labute approximate surface area is 159 Å². The second kappa shape index (κ2) is 7.85. The highest BCUT2D eigenvalue weighted by Gasteiger charge is 2.47. The minimum absolute atomic E-state index is 0.0589. The van der Waals surface area contributed by atoms with E-state index in [0.29, 0.717) is 17.9 Å². The quantitative estimate of drug-likeness (QED) is 0.721. The second-order valence-corrected chi connectivity index (χ2v) is 8.38. The highest BCUT2D eigenvalue weighted by atomic mass is 35.5. The van der Waals surface area contributed by atoms with Crippen LogP contribution in [0.2, 0.25) is 5.02 Å². The molecule has 0 saturated heterocycles. The molecule has 1 amide bonds. The molecule has 5 nitrogen and oxygen atoms in total. The van der Waals surface area contributed by atoms with Crippen molar-refractivity contribution in [1.29, 1.82) is 0 Å². The van der Waals surface area contributed by atoms with Gasteiger partial charge in [-0.2, -0.15) is 0 Å². The molecule has 0 bridgehead atoms. The summed E-state index contributed by atoms with van der Waals surface area (Å²) in [6.07, 6.45) is 2.80. The number of benzene rings is 1. The van der Waals surface area contributed by atoms with Gasteiger partial charge in [-0.1, -0.05) is 52.9 Å². The molecule has 132 valence electrons. The van der Waals surface area contributed by atoms with Crippen molar-refractivity contribution in [2.45, 2.75) is 35.6 Å². The zero-order valence-corrected chi connectivity index (χ0v) is 16.2. The van der Waals surface area contributed by atoms with Gasteiger partial charge < -0.3 is 4.90 Å². The predicted octanol–water partition coefficient (Wildman–Crippen LogP) is 3.78. The predicted molar refractivity (Wildman–Crippen MR) is 100 cm³/mol. The number of Topliss-reactive ketones (excluding diaryl/α,β-unsaturated/α-hetero) is 1. The number of carbonyl (C=O) groups is 2. The van der Waals surface area contributed by atoms with Crippen LogP contribution in [0.3, 0.4) is 0 Å². The maximum atomic E-state index is 13.0. The van der Waals surface area contributed by atoms with E-state index in [9.17, 15) is 9.59 Å². The van der Waals surface area contributed by atoms with Crippen molar-refractivity contribution in [1.82, 2.24) is 15.1 Å². The molecule has 1 fully saturated rings. The number of halogens is 1. The second-order valence-electron chi connectivity index (χ2n) is 5.92. The average molecular weight is 396 g/mol. The van der Waals surface area contributed by atoms with E-state index in [1.54, 1.807) is 23.5 Å². The van der Waals surface area contributed by atoms with Gasteiger partial charge >= 0.3 is 0 Å². The van der Waals surface area contributed by atoms with Crippen LogP contribution in [0, 0.1) is 0 Å². The van der Waals surface area contributed by atoms with E-state index < -0.39 is 5.54 Å². The number of likely N-dealkylation sites (N-methyl/N-ethyl adjacent to an activating group) is 1. The monoisotopic (exact) mass is 395 g/mol. The Kier molecular flexibility index (Phi) is 5.76. The third-order valence-electron chi connectivity index (χ3n) is 4.58. The SMILES string of the molecule is CN(C(=O)CSc1nncs1)[C@@]1(c2ccccc2Cl)CCCCC1=O. The molecule has 1 aromatic heterocycles. The van der Waals surface area contributed by atoms with Crippen LogP contribution in [0.25, 0.3) is 0 Å². The van der Waals surface area contributed by atoms with Crippen LogP contribution in [0.15, 0.2) is 34.1 Å². The number of hydrogen-bond donors (Lipinski definition) is 0. The molecule has 1 atom stereocenters. The average Bonchev–Trinajstić information content (AvgIpc) is 3.14. The van der Waals surface area contributed by atoms with Crippen molar-refractivity contribution < 1.29 is 9.59 Å². The van der Waals surface area contributed by atoms with Crippen LogP contribution in [0.1, 0.15) is 31.2 Å². The third kappa shape index (κ3) is 3.59. The van der Waals surface area contributed by atoms with Crippen LogP contribution in [-0.4, -0.2) is 39.6 Å². The Morgan fingerprint density at radius 1 is 1.40 bits per heavy atom. The maximum Gasteiger partial charge on any atom is 0.233 e. The van der Waals surface area contributed by atoms with Gasteiger partial charge in [-0.3, -0.25) is 9.59 Å². The van der Waals surface area contributed by atoms with Gasteiger partial charge in [0.05, 0.1) is 5.75 Å². The molecule has 25 heavy (non-hydrogen) atoms. The van der Waals surface area contributed by atoms with E-state index >= 15 is 0 Å².